The minimum atomic E-state index is -4.99. The molecule has 2 atom stereocenters. The van der Waals surface area contributed by atoms with Gasteiger partial charge in [0.05, 0.1) is 0 Å². The van der Waals surface area contributed by atoms with Crippen molar-refractivity contribution in [3.63, 3.8) is 0 Å². The Morgan fingerprint density at radius 1 is 0.595 bits per heavy atom. The Bertz CT molecular complexity index is 1680. The van der Waals surface area contributed by atoms with Gasteiger partial charge in [-0.15, -0.1) is 0 Å². The number of hydrogen-bond donors (Lipinski definition) is 0. The predicted molar refractivity (Wildman–Crippen MR) is 167 cm³/mol. The molecule has 0 aromatic heterocycles. The molecule has 2 aliphatic carbocycles. The Morgan fingerprint density at radius 2 is 0.952 bits per heavy atom. The van der Waals surface area contributed by atoms with Gasteiger partial charge < -0.3 is 0 Å². The van der Waals surface area contributed by atoms with Crippen molar-refractivity contribution in [2.75, 3.05) is 0 Å². The summed E-state index contributed by atoms with van der Waals surface area (Å²) in [4.78, 5) is 0. The van der Waals surface area contributed by atoms with Crippen molar-refractivity contribution >= 4 is 35.1 Å². The predicted octanol–water partition coefficient (Wildman–Crippen LogP) is 11.2. The van der Waals surface area contributed by atoms with Gasteiger partial charge in [-0.2, -0.15) is 0 Å². The summed E-state index contributed by atoms with van der Waals surface area (Å²) in [6.45, 7) is 8.55. The zero-order valence-corrected chi connectivity index (χ0v) is 28.7. The number of rotatable bonds is 5. The molecule has 0 radical (unpaired) electrons. The fraction of sp³-hybridized carbons (Fsp3) is 0.176. The molecule has 0 amide bonds. The van der Waals surface area contributed by atoms with Crippen LogP contribution in [0, 0.1) is 23.3 Å². The van der Waals surface area contributed by atoms with Crippen LogP contribution in [0.2, 0.25) is 13.1 Å². The van der Waals surface area contributed by atoms with E-state index in [1.165, 1.54) is 24.3 Å². The van der Waals surface area contributed by atoms with Crippen molar-refractivity contribution in [1.29, 1.82) is 0 Å². The van der Waals surface area contributed by atoms with Crippen LogP contribution in [0.3, 0.4) is 0 Å². The van der Waals surface area contributed by atoms with Gasteiger partial charge in [-0.25, -0.2) is 0 Å². The first-order valence-corrected chi connectivity index (χ1v) is 30.2. The summed E-state index contributed by atoms with van der Waals surface area (Å²) in [5.74, 6) is -4.35. The van der Waals surface area contributed by atoms with Gasteiger partial charge in [0, 0.05) is 0 Å². The molecular formula is C34H29Cl2F4SiZr. The molecule has 4 aromatic carbocycles. The van der Waals surface area contributed by atoms with Crippen molar-refractivity contribution in [1.82, 2.24) is 0 Å². The van der Waals surface area contributed by atoms with E-state index in [4.69, 9.17) is 17.0 Å². The van der Waals surface area contributed by atoms with Crippen molar-refractivity contribution in [3.8, 4) is 22.3 Å². The third-order valence-corrected chi connectivity index (χ3v) is 61.4. The number of allylic oxidation sites excluding steroid dienone is 2. The number of benzene rings is 4. The molecule has 0 spiro atoms. The molecule has 0 aliphatic heterocycles. The van der Waals surface area contributed by atoms with Gasteiger partial charge in [0.15, 0.2) is 0 Å². The molecule has 0 N–H and O–H groups in total. The molecule has 0 saturated heterocycles. The Labute approximate surface area is 252 Å². The SMILES string of the molecule is CC1=Cc2c(-c3cc(F)cc(F)c3)cccc2[CH]1[Zr]([Cl])([Cl])([CH]1C(C)=Cc2c(-c3cc(F)cc(F)c3)cccc21)[SiH](C)C. The Hall–Kier alpha value is -2.24. The van der Waals surface area contributed by atoms with Gasteiger partial charge in [-0.3, -0.25) is 0 Å². The second-order valence-electron chi connectivity index (χ2n) is 12.0. The Balaban J connectivity index is 1.55. The van der Waals surface area contributed by atoms with E-state index < -0.39 is 44.7 Å². The number of fused-ring (bicyclic) bond motifs is 2. The first-order valence-electron chi connectivity index (χ1n) is 13.9. The third kappa shape index (κ3) is 4.56. The first kappa shape index (κ1) is 29.8. The summed E-state index contributed by atoms with van der Waals surface area (Å²) in [6, 6.07) is 18.8. The molecule has 42 heavy (non-hydrogen) atoms. The van der Waals surface area contributed by atoms with Crippen LogP contribution in [0.4, 0.5) is 17.6 Å². The molecule has 2 aliphatic rings. The summed E-state index contributed by atoms with van der Waals surface area (Å²) in [6.07, 6.45) is 4.15. The monoisotopic (exact) mass is 701 g/mol. The molecule has 0 bridgehead atoms. The molecule has 4 aromatic rings. The van der Waals surface area contributed by atoms with E-state index in [2.05, 4.69) is 39.1 Å². The second kappa shape index (κ2) is 10.4. The number of hydrogen-bond acceptors (Lipinski definition) is 0. The third-order valence-electron chi connectivity index (χ3n) is 9.11. The molecule has 215 valence electrons. The minimum absolute atomic E-state index is 0.204. The Morgan fingerprint density at radius 3 is 1.29 bits per heavy atom. The molecule has 0 nitrogen and oxygen atoms in total. The van der Waals surface area contributed by atoms with Gasteiger partial charge >= 0.3 is 254 Å². The van der Waals surface area contributed by atoms with Crippen molar-refractivity contribution in [2.24, 2.45) is 0 Å². The quantitative estimate of drug-likeness (QED) is 0.143. The molecule has 0 heterocycles. The molecule has 0 fully saturated rings. The zero-order chi connectivity index (χ0) is 30.2. The maximum atomic E-state index is 14.2. The normalized spacial score (nSPS) is 18.8. The molecule has 0 saturated carbocycles. The topological polar surface area (TPSA) is 0 Å². The fourth-order valence-electron chi connectivity index (χ4n) is 7.32. The van der Waals surface area contributed by atoms with E-state index in [1.54, 1.807) is 0 Å². The van der Waals surface area contributed by atoms with E-state index in [0.717, 1.165) is 56.7 Å². The van der Waals surface area contributed by atoms with E-state index in [-0.39, 0.29) is 7.25 Å². The molecule has 6 rings (SSSR count). The van der Waals surface area contributed by atoms with E-state index in [1.807, 2.05) is 36.4 Å². The molecule has 8 heteroatoms. The van der Waals surface area contributed by atoms with Gasteiger partial charge in [-0.05, 0) is 0 Å². The zero-order valence-electron chi connectivity index (χ0n) is 23.6. The van der Waals surface area contributed by atoms with E-state index in [0.29, 0.717) is 11.1 Å². The first-order chi connectivity index (χ1) is 19.8. The second-order valence-corrected chi connectivity index (χ2v) is 54.5. The van der Waals surface area contributed by atoms with E-state index >= 15 is 0 Å². The standard InChI is InChI=1S/2C16H11F2.C2H7Si.2ClH.Zr/c2*1-10-5-11-3-2-4-15(16(11)6-10)12-7-13(17)9-14(18)8-12;1-3-2;;;/h2*2-9H,1H3;3H,1-2H3;2*1H;/q;;;;;+2/p-2. The van der Waals surface area contributed by atoms with Crippen LogP contribution in [-0.4, -0.2) is 5.92 Å². The molecular weight excluding hydrogens is 675 g/mol. The van der Waals surface area contributed by atoms with Gasteiger partial charge in [0.2, 0.25) is 0 Å². The van der Waals surface area contributed by atoms with Crippen molar-refractivity contribution in [3.05, 3.63) is 129 Å². The van der Waals surface area contributed by atoms with Gasteiger partial charge in [0.1, 0.15) is 0 Å². The summed E-state index contributed by atoms with van der Waals surface area (Å²) < 4.78 is 56.5. The van der Waals surface area contributed by atoms with Crippen molar-refractivity contribution in [2.45, 2.75) is 34.2 Å². The van der Waals surface area contributed by atoms with Crippen LogP contribution in [0.15, 0.2) is 83.9 Å². The average molecular weight is 704 g/mol. The van der Waals surface area contributed by atoms with Crippen LogP contribution < -0.4 is 0 Å². The summed E-state index contributed by atoms with van der Waals surface area (Å²) in [5.41, 5.74) is 8.28. The van der Waals surface area contributed by atoms with Crippen LogP contribution in [0.5, 0.6) is 0 Å². The van der Waals surface area contributed by atoms with Crippen molar-refractivity contribution < 1.29 is 33.1 Å². The number of halogens is 6. The fourth-order valence-corrected chi connectivity index (χ4v) is 40.2. The summed E-state index contributed by atoms with van der Waals surface area (Å²) in [5, 5.41) is 0. The van der Waals surface area contributed by atoms with Gasteiger partial charge in [-0.1, -0.05) is 0 Å². The van der Waals surface area contributed by atoms with Crippen LogP contribution in [0.1, 0.15) is 43.4 Å². The van der Waals surface area contributed by atoms with Gasteiger partial charge in [0.25, 0.3) is 0 Å². The average Bonchev–Trinajstić information content (AvgIpc) is 3.43. The van der Waals surface area contributed by atoms with Crippen LogP contribution in [-0.2, 0) is 15.6 Å². The summed E-state index contributed by atoms with van der Waals surface area (Å²) >= 11 is -4.99. The summed E-state index contributed by atoms with van der Waals surface area (Å²) in [7, 11) is 16.4. The molecule has 2 unspecified atom stereocenters. The van der Waals surface area contributed by atoms with Crippen LogP contribution >= 0.6 is 17.0 Å². The maximum absolute atomic E-state index is 14.2. The van der Waals surface area contributed by atoms with E-state index in [9.17, 15) is 17.6 Å². The Kier molecular flexibility index (Phi) is 7.41. The van der Waals surface area contributed by atoms with Crippen LogP contribution in [0.25, 0.3) is 34.4 Å².